The van der Waals surface area contributed by atoms with Crippen LogP contribution in [-0.4, -0.2) is 83.6 Å². The Morgan fingerprint density at radius 1 is 1.12 bits per heavy atom. The van der Waals surface area contributed by atoms with Crippen molar-refractivity contribution in [2.45, 2.75) is 81.4 Å². The number of fused-ring (bicyclic) bond motifs is 8. The van der Waals surface area contributed by atoms with Gasteiger partial charge < -0.3 is 19.1 Å². The number of amides is 2. The van der Waals surface area contributed by atoms with Gasteiger partial charge in [0.2, 0.25) is 17.3 Å². The largest absolute Gasteiger partial charge is 0.478 e. The maximum absolute atomic E-state index is 13.4. The van der Waals surface area contributed by atoms with Crippen LogP contribution in [0.3, 0.4) is 0 Å². The number of carbonyl (C=O) groups is 2. The van der Waals surface area contributed by atoms with Gasteiger partial charge in [0.1, 0.15) is 19.4 Å². The third kappa shape index (κ3) is 4.62. The van der Waals surface area contributed by atoms with Crippen LogP contribution in [0.25, 0.3) is 0 Å². The van der Waals surface area contributed by atoms with Gasteiger partial charge in [-0.3, -0.25) is 4.79 Å². The van der Waals surface area contributed by atoms with Gasteiger partial charge in [-0.1, -0.05) is 6.07 Å². The monoisotopic (exact) mass is 470 g/mol. The fourth-order valence-electron chi connectivity index (χ4n) is 6.10. The maximum atomic E-state index is 13.4. The molecule has 3 fully saturated rings. The summed E-state index contributed by atoms with van der Waals surface area (Å²) < 4.78 is 19.7. The molecule has 0 N–H and O–H groups in total. The summed E-state index contributed by atoms with van der Waals surface area (Å²) in [6.45, 7) is 6.17. The highest BCUT2D eigenvalue weighted by atomic mass is 16.5. The maximum Gasteiger partial charge on any atom is 0.412 e. The van der Waals surface area contributed by atoms with Crippen molar-refractivity contribution in [2.24, 2.45) is 0 Å². The van der Waals surface area contributed by atoms with Crippen LogP contribution in [-0.2, 0) is 19.1 Å². The first-order valence-electron chi connectivity index (χ1n) is 12.8. The molecule has 8 heteroatoms. The van der Waals surface area contributed by atoms with Gasteiger partial charge in [-0.15, -0.1) is 0 Å². The molecule has 2 saturated heterocycles. The van der Waals surface area contributed by atoms with Crippen molar-refractivity contribution in [3.8, 4) is 5.88 Å². The second kappa shape index (κ2) is 10.1. The predicted octanol–water partition coefficient (Wildman–Crippen LogP) is 2.69. The second-order valence-corrected chi connectivity index (χ2v) is 10.1. The first-order chi connectivity index (χ1) is 16.6. The fraction of sp³-hybridized carbons (Fsp3) is 0.692. The SMILES string of the molecule is C=[N+]1C(=O)COCC12CCCN1C(=O)CCCCOc3cccc(n3)C3CCC(CC3)OCC12. The molecule has 2 atom stereocenters. The molecule has 5 heterocycles. The van der Waals surface area contributed by atoms with E-state index in [1.807, 2.05) is 17.0 Å². The van der Waals surface area contributed by atoms with Crippen LogP contribution in [0.15, 0.2) is 18.2 Å². The van der Waals surface area contributed by atoms with Gasteiger partial charge in [-0.05, 0) is 51.0 Å². The van der Waals surface area contributed by atoms with Gasteiger partial charge in [0.15, 0.2) is 6.61 Å². The zero-order valence-electron chi connectivity index (χ0n) is 20.0. The Morgan fingerprint density at radius 3 is 2.82 bits per heavy atom. The van der Waals surface area contributed by atoms with E-state index in [2.05, 4.69) is 12.8 Å². The van der Waals surface area contributed by atoms with E-state index in [0.717, 1.165) is 57.1 Å². The topological polar surface area (TPSA) is 81.0 Å². The van der Waals surface area contributed by atoms with Gasteiger partial charge in [-0.2, -0.15) is 4.58 Å². The molecule has 8 nitrogen and oxygen atoms in total. The second-order valence-electron chi connectivity index (χ2n) is 10.1. The summed E-state index contributed by atoms with van der Waals surface area (Å²) in [7, 11) is 0. The molecule has 1 aromatic heterocycles. The zero-order chi connectivity index (χ0) is 23.5. The van der Waals surface area contributed by atoms with E-state index >= 15 is 0 Å². The van der Waals surface area contributed by atoms with E-state index in [1.165, 1.54) is 0 Å². The number of ether oxygens (including phenoxy) is 3. The lowest BCUT2D eigenvalue weighted by Gasteiger charge is -2.47. The number of piperidine rings is 1. The van der Waals surface area contributed by atoms with Gasteiger partial charge in [0, 0.05) is 37.1 Å². The molecule has 1 spiro atoms. The van der Waals surface area contributed by atoms with Crippen LogP contribution in [0.5, 0.6) is 5.88 Å². The van der Waals surface area contributed by atoms with Gasteiger partial charge in [0.05, 0.1) is 19.3 Å². The van der Waals surface area contributed by atoms with Crippen molar-refractivity contribution in [2.75, 3.05) is 33.0 Å². The summed E-state index contributed by atoms with van der Waals surface area (Å²) in [5.74, 6) is 1.06. The third-order valence-electron chi connectivity index (χ3n) is 8.10. The molecule has 0 radical (unpaired) electrons. The summed E-state index contributed by atoms with van der Waals surface area (Å²) in [4.78, 5) is 32.6. The first kappa shape index (κ1) is 23.4. The van der Waals surface area contributed by atoms with Crippen LogP contribution in [0.1, 0.15) is 69.4 Å². The molecule has 6 rings (SSSR count). The minimum absolute atomic E-state index is 0.0472. The lowest BCUT2D eigenvalue weighted by Crippen LogP contribution is -2.70. The van der Waals surface area contributed by atoms with Crippen LogP contribution >= 0.6 is 0 Å². The van der Waals surface area contributed by atoms with Crippen molar-refractivity contribution < 1.29 is 28.4 Å². The molecule has 4 bridgehead atoms. The van der Waals surface area contributed by atoms with Gasteiger partial charge in [0.25, 0.3) is 0 Å². The molecule has 4 aliphatic heterocycles. The van der Waals surface area contributed by atoms with E-state index in [1.54, 1.807) is 4.58 Å². The molecule has 5 aliphatic rings. The van der Waals surface area contributed by atoms with E-state index < -0.39 is 5.54 Å². The number of pyridine rings is 1. The van der Waals surface area contributed by atoms with E-state index in [0.29, 0.717) is 44.6 Å². The highest BCUT2D eigenvalue weighted by Gasteiger charge is 2.58. The van der Waals surface area contributed by atoms with Crippen molar-refractivity contribution in [3.63, 3.8) is 0 Å². The van der Waals surface area contributed by atoms with Crippen LogP contribution in [0, 0.1) is 0 Å². The van der Waals surface area contributed by atoms with Crippen LogP contribution < -0.4 is 4.74 Å². The first-order valence-corrected chi connectivity index (χ1v) is 12.8. The molecule has 184 valence electrons. The van der Waals surface area contributed by atoms with Crippen molar-refractivity contribution >= 4 is 18.5 Å². The summed E-state index contributed by atoms with van der Waals surface area (Å²) in [6, 6.07) is 5.77. The normalized spacial score (nSPS) is 33.4. The van der Waals surface area contributed by atoms with Crippen LogP contribution in [0.4, 0.5) is 0 Å². The molecule has 1 aliphatic carbocycles. The molecule has 1 saturated carbocycles. The third-order valence-corrected chi connectivity index (χ3v) is 8.10. The highest BCUT2D eigenvalue weighted by molar-refractivity contribution is 5.77. The Bertz CT molecular complexity index is 925. The molecule has 2 unspecified atom stereocenters. The summed E-state index contributed by atoms with van der Waals surface area (Å²) in [5, 5.41) is 0. The van der Waals surface area contributed by atoms with Crippen molar-refractivity contribution in [3.05, 3.63) is 23.9 Å². The lowest BCUT2D eigenvalue weighted by atomic mass is 9.79. The van der Waals surface area contributed by atoms with Crippen molar-refractivity contribution in [1.82, 2.24) is 9.88 Å². The average molecular weight is 471 g/mol. The van der Waals surface area contributed by atoms with E-state index in [9.17, 15) is 9.59 Å². The van der Waals surface area contributed by atoms with Gasteiger partial charge >= 0.3 is 5.91 Å². The lowest BCUT2D eigenvalue weighted by molar-refractivity contribution is -0.560. The number of hydrogen-bond donors (Lipinski definition) is 0. The Labute approximate surface area is 201 Å². The highest BCUT2D eigenvalue weighted by Crippen LogP contribution is 2.37. The summed E-state index contributed by atoms with van der Waals surface area (Å²) in [5.41, 5.74) is 0.466. The number of morpholine rings is 1. The standard InChI is InChI=1S/C26H36N3O5/c1-28-25(31)17-32-18-26(28)13-5-14-29-22(26)16-34-20-11-9-19(10-12-20)21-6-4-7-23(27-21)33-15-3-2-8-24(29)30/h4,6-7,19-20,22H,1-3,5,8-18H2/q+1. The Hall–Kier alpha value is -2.32. The quantitative estimate of drug-likeness (QED) is 0.543. The number of carbonyl (C=O) groups excluding carboxylic acids is 2. The molecule has 34 heavy (non-hydrogen) atoms. The average Bonchev–Trinajstić information content (AvgIpc) is 2.86. The minimum atomic E-state index is -0.629. The number of aromatic nitrogens is 1. The Balaban J connectivity index is 1.38. The molecule has 2 amide bonds. The van der Waals surface area contributed by atoms with Crippen LogP contribution in [0.2, 0.25) is 0 Å². The predicted molar refractivity (Wildman–Crippen MR) is 125 cm³/mol. The van der Waals surface area contributed by atoms with Crippen molar-refractivity contribution in [1.29, 1.82) is 0 Å². The molecule has 0 aromatic carbocycles. The Morgan fingerprint density at radius 2 is 1.97 bits per heavy atom. The summed E-state index contributed by atoms with van der Waals surface area (Å²) in [6.07, 6.45) is 7.63. The van der Waals surface area contributed by atoms with E-state index in [-0.39, 0.29) is 30.6 Å². The number of hydrogen-bond acceptors (Lipinski definition) is 6. The number of rotatable bonds is 0. The smallest absolute Gasteiger partial charge is 0.412 e. The zero-order valence-corrected chi connectivity index (χ0v) is 20.0. The molecular formula is C26H36N3O5+. The number of nitrogens with zero attached hydrogens (tertiary/aromatic N) is 3. The molecular weight excluding hydrogens is 434 g/mol. The van der Waals surface area contributed by atoms with E-state index in [4.69, 9.17) is 19.2 Å². The van der Waals surface area contributed by atoms with Gasteiger partial charge in [-0.25, -0.2) is 9.78 Å². The fourth-order valence-corrected chi connectivity index (χ4v) is 6.10. The Kier molecular flexibility index (Phi) is 6.97. The summed E-state index contributed by atoms with van der Waals surface area (Å²) >= 11 is 0. The minimum Gasteiger partial charge on any atom is -0.478 e. The molecule has 1 aromatic rings.